The van der Waals surface area contributed by atoms with Gasteiger partial charge in [0.1, 0.15) is 12.2 Å². The quantitative estimate of drug-likeness (QED) is 0.857. The number of carbonyl (C=O) groups excluding carboxylic acids is 1. The fourth-order valence-corrected chi connectivity index (χ4v) is 3.81. The second-order valence-corrected chi connectivity index (χ2v) is 7.22. The van der Waals surface area contributed by atoms with Gasteiger partial charge in [-0.05, 0) is 37.8 Å². The van der Waals surface area contributed by atoms with E-state index in [1.54, 1.807) is 18.6 Å². The summed E-state index contributed by atoms with van der Waals surface area (Å²) in [7, 11) is 1.92. The van der Waals surface area contributed by atoms with Gasteiger partial charge < -0.3 is 15.0 Å². The van der Waals surface area contributed by atoms with Crippen LogP contribution in [-0.4, -0.2) is 43.4 Å². The Morgan fingerprint density at radius 1 is 1.36 bits per heavy atom. The number of aliphatic hydroxyl groups excluding tert-OH is 1. The Balaban J connectivity index is 1.38. The molecule has 1 amide bonds. The second-order valence-electron chi connectivity index (χ2n) is 7.22. The Morgan fingerprint density at radius 3 is 2.92 bits per heavy atom. The molecule has 2 aromatic heterocycles. The number of aromatic nitrogens is 4. The lowest BCUT2D eigenvalue weighted by atomic mass is 10.0. The maximum atomic E-state index is 12.6. The second kappa shape index (κ2) is 6.55. The predicted molar refractivity (Wildman–Crippen MR) is 91.0 cm³/mol. The van der Waals surface area contributed by atoms with Crippen LogP contribution in [0.3, 0.4) is 0 Å². The number of hydrogen-bond donors (Lipinski definition) is 2. The van der Waals surface area contributed by atoms with Crippen LogP contribution in [0.2, 0.25) is 0 Å². The molecular weight excluding hydrogens is 318 g/mol. The van der Waals surface area contributed by atoms with Crippen LogP contribution in [0.4, 0.5) is 0 Å². The normalized spacial score (nSPS) is 25.9. The van der Waals surface area contributed by atoms with E-state index in [0.717, 1.165) is 30.8 Å². The van der Waals surface area contributed by atoms with Crippen molar-refractivity contribution < 1.29 is 9.90 Å². The summed E-state index contributed by atoms with van der Waals surface area (Å²) in [5.41, 5.74) is 1.58. The third-order valence-corrected chi connectivity index (χ3v) is 5.34. The molecule has 2 N–H and O–H groups in total. The number of hydrogen-bond acceptors (Lipinski definition) is 5. The molecule has 25 heavy (non-hydrogen) atoms. The van der Waals surface area contributed by atoms with Gasteiger partial charge in [-0.15, -0.1) is 10.2 Å². The van der Waals surface area contributed by atoms with E-state index in [1.165, 1.54) is 0 Å². The first kappa shape index (κ1) is 16.2. The minimum Gasteiger partial charge on any atom is -0.393 e. The van der Waals surface area contributed by atoms with E-state index in [1.807, 2.05) is 17.7 Å². The number of aliphatic hydroxyl groups is 1. The molecule has 4 rings (SSSR count). The van der Waals surface area contributed by atoms with Crippen molar-refractivity contribution in [1.82, 2.24) is 25.1 Å². The van der Waals surface area contributed by atoms with Gasteiger partial charge in [-0.2, -0.15) is 0 Å². The first-order valence-electron chi connectivity index (χ1n) is 8.88. The fourth-order valence-electron chi connectivity index (χ4n) is 3.81. The van der Waals surface area contributed by atoms with Gasteiger partial charge in [0.25, 0.3) is 5.91 Å². The topological polar surface area (TPSA) is 92.9 Å². The highest BCUT2D eigenvalue weighted by molar-refractivity contribution is 5.95. The van der Waals surface area contributed by atoms with Gasteiger partial charge in [-0.3, -0.25) is 9.78 Å². The molecule has 0 bridgehead atoms. The Morgan fingerprint density at radius 2 is 2.20 bits per heavy atom. The van der Waals surface area contributed by atoms with Gasteiger partial charge in [0.2, 0.25) is 0 Å². The zero-order valence-electron chi connectivity index (χ0n) is 14.3. The van der Waals surface area contributed by atoms with Crippen molar-refractivity contribution in [3.8, 4) is 0 Å². The van der Waals surface area contributed by atoms with E-state index in [4.69, 9.17) is 0 Å². The van der Waals surface area contributed by atoms with Crippen LogP contribution in [0, 0.1) is 5.92 Å². The lowest BCUT2D eigenvalue weighted by Crippen LogP contribution is -2.33. The number of carbonyl (C=O) groups is 1. The lowest BCUT2D eigenvalue weighted by molar-refractivity contribution is 0.0915. The summed E-state index contributed by atoms with van der Waals surface area (Å²) >= 11 is 0. The minimum absolute atomic E-state index is 0.0340. The van der Waals surface area contributed by atoms with Crippen LogP contribution in [0.15, 0.2) is 24.7 Å². The molecule has 3 atom stereocenters. The molecule has 132 valence electrons. The number of aryl methyl sites for hydroxylation is 1. The molecular formula is C18H23N5O2. The summed E-state index contributed by atoms with van der Waals surface area (Å²) in [5, 5.41) is 21.4. The van der Waals surface area contributed by atoms with Crippen LogP contribution in [0.1, 0.15) is 59.4 Å². The molecule has 0 saturated heterocycles. The Labute approximate surface area is 146 Å². The number of pyridine rings is 1. The average Bonchev–Trinajstić information content (AvgIpc) is 3.28. The maximum absolute atomic E-state index is 12.6. The van der Waals surface area contributed by atoms with Crippen molar-refractivity contribution in [1.29, 1.82) is 0 Å². The fraction of sp³-hybridized carbons (Fsp3) is 0.556. The highest BCUT2D eigenvalue weighted by atomic mass is 16.3. The molecule has 0 radical (unpaired) electrons. The number of nitrogens with zero attached hydrogens (tertiary/aromatic N) is 4. The maximum Gasteiger partial charge on any atom is 0.253 e. The molecule has 2 fully saturated rings. The van der Waals surface area contributed by atoms with E-state index in [9.17, 15) is 9.90 Å². The SMILES string of the molecule is Cn1cnnc1[C@H]1C[C@H](CNC(=O)c2cccnc2C2CC2)[C@H](O)C1. The molecule has 2 aromatic rings. The zero-order chi connectivity index (χ0) is 17.4. The molecule has 2 saturated carbocycles. The third-order valence-electron chi connectivity index (χ3n) is 5.34. The minimum atomic E-state index is -0.432. The van der Waals surface area contributed by atoms with E-state index in [2.05, 4.69) is 20.5 Å². The first-order valence-corrected chi connectivity index (χ1v) is 8.88. The summed E-state index contributed by atoms with van der Waals surface area (Å²) in [6.45, 7) is 0.466. The predicted octanol–water partition coefficient (Wildman–Crippen LogP) is 1.37. The zero-order valence-corrected chi connectivity index (χ0v) is 14.3. The smallest absolute Gasteiger partial charge is 0.253 e. The number of rotatable bonds is 5. The molecule has 0 unspecified atom stereocenters. The van der Waals surface area contributed by atoms with Gasteiger partial charge >= 0.3 is 0 Å². The highest BCUT2D eigenvalue weighted by Gasteiger charge is 2.36. The molecule has 0 spiro atoms. The van der Waals surface area contributed by atoms with Crippen molar-refractivity contribution in [2.45, 2.75) is 43.6 Å². The molecule has 2 heterocycles. The van der Waals surface area contributed by atoms with Crippen LogP contribution >= 0.6 is 0 Å². The molecule has 2 aliphatic carbocycles. The summed E-state index contributed by atoms with van der Waals surface area (Å²) in [5.74, 6) is 1.45. The molecule has 0 aliphatic heterocycles. The Bertz CT molecular complexity index is 770. The van der Waals surface area contributed by atoms with E-state index < -0.39 is 6.10 Å². The van der Waals surface area contributed by atoms with Crippen molar-refractivity contribution >= 4 is 5.91 Å². The Kier molecular flexibility index (Phi) is 4.25. The number of nitrogens with one attached hydrogen (secondary N) is 1. The van der Waals surface area contributed by atoms with E-state index in [0.29, 0.717) is 24.4 Å². The third kappa shape index (κ3) is 3.28. The van der Waals surface area contributed by atoms with Gasteiger partial charge in [0.15, 0.2) is 0 Å². The van der Waals surface area contributed by atoms with Crippen molar-refractivity contribution in [3.05, 3.63) is 41.7 Å². The highest BCUT2D eigenvalue weighted by Crippen LogP contribution is 2.40. The summed E-state index contributed by atoms with van der Waals surface area (Å²) in [4.78, 5) is 17.0. The largest absolute Gasteiger partial charge is 0.393 e. The summed E-state index contributed by atoms with van der Waals surface area (Å²) in [6.07, 6.45) is 6.67. The van der Waals surface area contributed by atoms with Gasteiger partial charge in [0, 0.05) is 37.5 Å². The average molecular weight is 341 g/mol. The number of amides is 1. The van der Waals surface area contributed by atoms with Crippen molar-refractivity contribution in [2.24, 2.45) is 13.0 Å². The van der Waals surface area contributed by atoms with Gasteiger partial charge in [0.05, 0.1) is 17.4 Å². The monoisotopic (exact) mass is 341 g/mol. The first-order chi connectivity index (χ1) is 12.1. The van der Waals surface area contributed by atoms with Crippen LogP contribution < -0.4 is 5.32 Å². The van der Waals surface area contributed by atoms with Gasteiger partial charge in [-0.1, -0.05) is 0 Å². The van der Waals surface area contributed by atoms with Gasteiger partial charge in [-0.25, -0.2) is 0 Å². The van der Waals surface area contributed by atoms with Crippen molar-refractivity contribution in [2.75, 3.05) is 6.54 Å². The molecule has 2 aliphatic rings. The molecule has 0 aromatic carbocycles. The Hall–Kier alpha value is -2.28. The summed E-state index contributed by atoms with van der Waals surface area (Å²) in [6, 6.07) is 3.64. The lowest BCUT2D eigenvalue weighted by Gasteiger charge is -2.16. The van der Waals surface area contributed by atoms with Crippen LogP contribution in [0.5, 0.6) is 0 Å². The van der Waals surface area contributed by atoms with Crippen LogP contribution in [0.25, 0.3) is 0 Å². The van der Waals surface area contributed by atoms with E-state index >= 15 is 0 Å². The molecule has 7 heteroatoms. The standard InChI is InChI=1S/C18H23N5O2/c1-23-10-21-22-17(23)12-7-13(15(24)8-12)9-20-18(25)14-3-2-6-19-16(14)11-4-5-11/h2-3,6,10-13,15,24H,4-5,7-9H2,1H3,(H,20,25)/t12-,13+,15+/m0/s1. The van der Waals surface area contributed by atoms with E-state index in [-0.39, 0.29) is 17.7 Å². The van der Waals surface area contributed by atoms with Crippen molar-refractivity contribution in [3.63, 3.8) is 0 Å². The molecule has 7 nitrogen and oxygen atoms in total. The summed E-state index contributed by atoms with van der Waals surface area (Å²) < 4.78 is 1.90. The van der Waals surface area contributed by atoms with Crippen LogP contribution in [-0.2, 0) is 7.05 Å².